The number of benzene rings is 1. The van der Waals surface area contributed by atoms with Crippen molar-refractivity contribution in [3.63, 3.8) is 0 Å². The molecule has 1 saturated heterocycles. The Balaban J connectivity index is 0.00000242. The van der Waals surface area contributed by atoms with Crippen molar-refractivity contribution in [2.45, 2.75) is 25.5 Å². The van der Waals surface area contributed by atoms with Crippen molar-refractivity contribution in [2.24, 2.45) is 5.92 Å². The Morgan fingerprint density at radius 2 is 1.91 bits per heavy atom. The van der Waals surface area contributed by atoms with Crippen LogP contribution >= 0.6 is 24.0 Å². The molecule has 1 aliphatic heterocycles. The van der Waals surface area contributed by atoms with E-state index < -0.39 is 10.0 Å². The van der Waals surface area contributed by atoms with E-state index in [1.165, 1.54) is 0 Å². The third-order valence-corrected chi connectivity index (χ3v) is 6.14. The summed E-state index contributed by atoms with van der Waals surface area (Å²) in [6.45, 7) is 5.26. The first-order chi connectivity index (χ1) is 10.0. The Morgan fingerprint density at radius 3 is 2.50 bits per heavy atom. The lowest BCUT2D eigenvalue weighted by Gasteiger charge is -2.31. The summed E-state index contributed by atoms with van der Waals surface area (Å²) < 4.78 is 26.6. The molecule has 0 unspecified atom stereocenters. The van der Waals surface area contributed by atoms with Gasteiger partial charge in [0.25, 0.3) is 0 Å². The van der Waals surface area contributed by atoms with Crippen LogP contribution in [-0.4, -0.2) is 38.9 Å². The summed E-state index contributed by atoms with van der Waals surface area (Å²) in [6.07, 6.45) is 1.85. The van der Waals surface area contributed by atoms with Gasteiger partial charge in [-0.2, -0.15) is 0 Å². The first-order valence-corrected chi connectivity index (χ1v) is 9.43. The van der Waals surface area contributed by atoms with Crippen LogP contribution in [0.4, 0.5) is 0 Å². The molecule has 22 heavy (non-hydrogen) atoms. The van der Waals surface area contributed by atoms with Gasteiger partial charge in [0.2, 0.25) is 10.0 Å². The number of sulfonamides is 1. The summed E-state index contributed by atoms with van der Waals surface area (Å²) in [4.78, 5) is 0. The van der Waals surface area contributed by atoms with E-state index in [1.807, 2.05) is 12.1 Å². The van der Waals surface area contributed by atoms with E-state index in [1.54, 1.807) is 16.4 Å². The average Bonchev–Trinajstić information content (AvgIpc) is 2.48. The van der Waals surface area contributed by atoms with Crippen molar-refractivity contribution in [3.8, 4) is 0 Å². The second-order valence-corrected chi connectivity index (χ2v) is 7.87. The normalized spacial score (nSPS) is 17.2. The van der Waals surface area contributed by atoms with Crippen LogP contribution in [0.3, 0.4) is 0 Å². The van der Waals surface area contributed by atoms with Crippen LogP contribution in [0.25, 0.3) is 0 Å². The second-order valence-electron chi connectivity index (χ2n) is 5.50. The molecular weight excluding hydrogens is 343 g/mol. The summed E-state index contributed by atoms with van der Waals surface area (Å²) >= 11 is 6.06. The third kappa shape index (κ3) is 5.39. The standard InChI is InChI=1S/C15H23ClN2O2S.ClH/c1-2-17-11-13-7-9-18(10-8-13)21(19,20)12-14-5-3-4-6-15(14)16;/h3-6,13,17H,2,7-12H2,1H3;1H. The van der Waals surface area contributed by atoms with Crippen LogP contribution < -0.4 is 5.32 Å². The lowest BCUT2D eigenvalue weighted by molar-refractivity contribution is 0.268. The van der Waals surface area contributed by atoms with Gasteiger partial charge in [-0.3, -0.25) is 0 Å². The maximum atomic E-state index is 12.5. The van der Waals surface area contributed by atoms with E-state index >= 15 is 0 Å². The highest BCUT2D eigenvalue weighted by Gasteiger charge is 2.28. The van der Waals surface area contributed by atoms with Gasteiger partial charge in [0, 0.05) is 18.1 Å². The van der Waals surface area contributed by atoms with Crippen LogP contribution in [0, 0.1) is 5.92 Å². The monoisotopic (exact) mass is 366 g/mol. The summed E-state index contributed by atoms with van der Waals surface area (Å²) in [5.41, 5.74) is 0.675. The Hall–Kier alpha value is -0.330. The van der Waals surface area contributed by atoms with Crippen molar-refractivity contribution in [1.29, 1.82) is 0 Å². The number of hydrogen-bond acceptors (Lipinski definition) is 3. The number of hydrogen-bond donors (Lipinski definition) is 1. The zero-order valence-electron chi connectivity index (χ0n) is 12.8. The summed E-state index contributed by atoms with van der Waals surface area (Å²) in [7, 11) is -3.27. The molecule has 126 valence electrons. The molecule has 0 saturated carbocycles. The average molecular weight is 367 g/mol. The van der Waals surface area contributed by atoms with Gasteiger partial charge in [-0.05, 0) is 43.5 Å². The number of nitrogens with zero attached hydrogens (tertiary/aromatic N) is 1. The molecule has 0 amide bonds. The van der Waals surface area contributed by atoms with Crippen LogP contribution in [0.15, 0.2) is 24.3 Å². The number of halogens is 2. The number of nitrogens with one attached hydrogen (secondary N) is 1. The van der Waals surface area contributed by atoms with E-state index in [2.05, 4.69) is 12.2 Å². The van der Waals surface area contributed by atoms with E-state index in [4.69, 9.17) is 11.6 Å². The molecule has 0 radical (unpaired) electrons. The smallest absolute Gasteiger partial charge is 0.218 e. The van der Waals surface area contributed by atoms with Gasteiger partial charge in [-0.25, -0.2) is 12.7 Å². The molecule has 4 nitrogen and oxygen atoms in total. The van der Waals surface area contributed by atoms with E-state index in [0.717, 1.165) is 25.9 Å². The molecule has 0 spiro atoms. The molecule has 2 rings (SSSR count). The van der Waals surface area contributed by atoms with Crippen LogP contribution in [0.2, 0.25) is 5.02 Å². The fraction of sp³-hybridized carbons (Fsp3) is 0.600. The maximum Gasteiger partial charge on any atom is 0.218 e. The molecule has 1 aromatic rings. The van der Waals surface area contributed by atoms with Gasteiger partial charge in [0.1, 0.15) is 0 Å². The van der Waals surface area contributed by atoms with Crippen LogP contribution in [-0.2, 0) is 15.8 Å². The highest BCUT2D eigenvalue weighted by molar-refractivity contribution is 7.88. The molecule has 1 N–H and O–H groups in total. The van der Waals surface area contributed by atoms with E-state index in [9.17, 15) is 8.42 Å². The molecular formula is C15H24Cl2N2O2S. The number of rotatable bonds is 6. The molecule has 1 aliphatic rings. The molecule has 0 aliphatic carbocycles. The molecule has 0 aromatic heterocycles. The lowest BCUT2D eigenvalue weighted by Crippen LogP contribution is -2.41. The zero-order valence-corrected chi connectivity index (χ0v) is 15.2. The van der Waals surface area contributed by atoms with E-state index in [-0.39, 0.29) is 18.2 Å². The largest absolute Gasteiger partial charge is 0.317 e. The van der Waals surface area contributed by atoms with Gasteiger partial charge in [0.15, 0.2) is 0 Å². The van der Waals surface area contributed by atoms with Crippen LogP contribution in [0.1, 0.15) is 25.3 Å². The molecule has 7 heteroatoms. The van der Waals surface area contributed by atoms with Crippen molar-refractivity contribution in [3.05, 3.63) is 34.9 Å². The van der Waals surface area contributed by atoms with Crippen molar-refractivity contribution >= 4 is 34.0 Å². The summed E-state index contributed by atoms with van der Waals surface area (Å²) in [5.74, 6) is 0.571. The first kappa shape index (κ1) is 19.7. The Morgan fingerprint density at radius 1 is 1.27 bits per heavy atom. The highest BCUT2D eigenvalue weighted by Crippen LogP contribution is 2.23. The molecule has 1 aromatic carbocycles. The fourth-order valence-electron chi connectivity index (χ4n) is 2.64. The lowest BCUT2D eigenvalue weighted by atomic mass is 9.98. The van der Waals surface area contributed by atoms with E-state index in [0.29, 0.717) is 29.6 Å². The Bertz CT molecular complexity index is 558. The first-order valence-electron chi connectivity index (χ1n) is 7.45. The SMILES string of the molecule is CCNCC1CCN(S(=O)(=O)Cc2ccccc2Cl)CC1.Cl. The minimum absolute atomic E-state index is 0. The van der Waals surface area contributed by atoms with Crippen LogP contribution in [0.5, 0.6) is 0 Å². The molecule has 1 fully saturated rings. The quantitative estimate of drug-likeness (QED) is 0.841. The maximum absolute atomic E-state index is 12.5. The predicted octanol–water partition coefficient (Wildman–Crippen LogP) is 2.91. The summed E-state index contributed by atoms with van der Waals surface area (Å²) in [5, 5.41) is 3.85. The van der Waals surface area contributed by atoms with Gasteiger partial charge in [0.05, 0.1) is 5.75 Å². The molecule has 0 atom stereocenters. The Labute approximate surface area is 144 Å². The fourth-order valence-corrected chi connectivity index (χ4v) is 4.52. The third-order valence-electron chi connectivity index (χ3n) is 3.95. The zero-order chi connectivity index (χ0) is 15.3. The highest BCUT2D eigenvalue weighted by atomic mass is 35.5. The second kappa shape index (κ2) is 9.08. The predicted molar refractivity (Wildman–Crippen MR) is 94.2 cm³/mol. The molecule has 1 heterocycles. The number of piperidine rings is 1. The van der Waals surface area contributed by atoms with Crippen molar-refractivity contribution < 1.29 is 8.42 Å². The van der Waals surface area contributed by atoms with Gasteiger partial charge >= 0.3 is 0 Å². The minimum atomic E-state index is -3.27. The van der Waals surface area contributed by atoms with Crippen molar-refractivity contribution in [1.82, 2.24) is 9.62 Å². The molecule has 0 bridgehead atoms. The van der Waals surface area contributed by atoms with Gasteiger partial charge in [-0.1, -0.05) is 36.7 Å². The van der Waals surface area contributed by atoms with Gasteiger partial charge < -0.3 is 5.32 Å². The van der Waals surface area contributed by atoms with Crippen molar-refractivity contribution in [2.75, 3.05) is 26.2 Å². The summed E-state index contributed by atoms with van der Waals surface area (Å²) in [6, 6.07) is 7.14. The van der Waals surface area contributed by atoms with Gasteiger partial charge in [-0.15, -0.1) is 12.4 Å². The Kier molecular flexibility index (Phi) is 8.14. The minimum Gasteiger partial charge on any atom is -0.317 e. The topological polar surface area (TPSA) is 49.4 Å².